The van der Waals surface area contributed by atoms with Crippen molar-refractivity contribution in [3.8, 4) is 11.4 Å². The van der Waals surface area contributed by atoms with Crippen LogP contribution in [0.25, 0.3) is 11.4 Å². The van der Waals surface area contributed by atoms with Gasteiger partial charge in [-0.1, -0.05) is 35.0 Å². The van der Waals surface area contributed by atoms with Gasteiger partial charge in [-0.3, -0.25) is 9.52 Å². The summed E-state index contributed by atoms with van der Waals surface area (Å²) in [5, 5.41) is 3.90. The van der Waals surface area contributed by atoms with E-state index in [9.17, 15) is 13.2 Å². The summed E-state index contributed by atoms with van der Waals surface area (Å²) < 4.78 is 39.7. The Morgan fingerprint density at radius 3 is 2.33 bits per heavy atom. The minimum absolute atomic E-state index is 0.102. The monoisotopic (exact) mass is 470 g/mol. The predicted molar refractivity (Wildman–Crippen MR) is 123 cm³/mol. The number of hydrogen-bond donors (Lipinski definition) is 1. The molecule has 3 aromatic rings. The van der Waals surface area contributed by atoms with Gasteiger partial charge in [0.25, 0.3) is 10.0 Å². The maximum atomic E-state index is 13.3. The number of carbonyl (C=O) groups excluding carboxylic acids is 1. The first-order chi connectivity index (χ1) is 15.7. The van der Waals surface area contributed by atoms with Gasteiger partial charge in [-0.05, 0) is 50.5 Å². The summed E-state index contributed by atoms with van der Waals surface area (Å²) in [6, 6.07) is 8.73. The van der Waals surface area contributed by atoms with E-state index >= 15 is 0 Å². The van der Waals surface area contributed by atoms with Gasteiger partial charge in [0.15, 0.2) is 0 Å². The van der Waals surface area contributed by atoms with E-state index in [1.54, 1.807) is 24.0 Å². The number of nitrogens with one attached hydrogen (secondary N) is 1. The van der Waals surface area contributed by atoms with E-state index in [1.807, 2.05) is 32.9 Å². The number of ether oxygens (including phenoxy) is 1. The standard InChI is InChI=1S/C23H26N4O5S/c1-14-11-16(3)20(17(4)12-14)26-33(29,30)19-13-18(6-5-15(19)2)21-24-22(32-25-21)23(28)27-7-9-31-10-8-27/h5-6,11-13,26H,7-10H2,1-4H3. The highest BCUT2D eigenvalue weighted by molar-refractivity contribution is 7.92. The summed E-state index contributed by atoms with van der Waals surface area (Å²) in [5.41, 5.74) is 4.31. The fraction of sp³-hybridized carbons (Fsp3) is 0.348. The molecular formula is C23H26N4O5S. The third-order valence-electron chi connectivity index (χ3n) is 5.56. The Labute approximate surface area is 192 Å². The third kappa shape index (κ3) is 4.76. The van der Waals surface area contributed by atoms with Crippen LogP contribution in [0, 0.1) is 27.7 Å². The van der Waals surface area contributed by atoms with Crippen LogP contribution in [-0.2, 0) is 14.8 Å². The van der Waals surface area contributed by atoms with Gasteiger partial charge in [0.1, 0.15) is 0 Å². The second-order valence-corrected chi connectivity index (χ2v) is 9.84. The molecule has 0 bridgehead atoms. The van der Waals surface area contributed by atoms with Gasteiger partial charge in [0.05, 0.1) is 23.8 Å². The second kappa shape index (κ2) is 8.95. The summed E-state index contributed by atoms with van der Waals surface area (Å²) in [4.78, 5) is 18.5. The molecule has 1 N–H and O–H groups in total. The smallest absolute Gasteiger partial charge is 0.316 e. The lowest BCUT2D eigenvalue weighted by atomic mass is 10.1. The molecule has 33 heavy (non-hydrogen) atoms. The van der Waals surface area contributed by atoms with Crippen molar-refractivity contribution in [3.63, 3.8) is 0 Å². The highest BCUT2D eigenvalue weighted by Crippen LogP contribution is 2.28. The van der Waals surface area contributed by atoms with E-state index in [2.05, 4.69) is 14.9 Å². The molecule has 0 unspecified atom stereocenters. The molecule has 174 valence electrons. The van der Waals surface area contributed by atoms with Gasteiger partial charge in [0.2, 0.25) is 5.82 Å². The van der Waals surface area contributed by atoms with Crippen LogP contribution in [0.1, 0.15) is 32.9 Å². The largest absolute Gasteiger partial charge is 0.378 e. The minimum atomic E-state index is -3.88. The molecule has 1 fully saturated rings. The summed E-state index contributed by atoms with van der Waals surface area (Å²) in [6.07, 6.45) is 0. The van der Waals surface area contributed by atoms with Gasteiger partial charge in [0, 0.05) is 18.7 Å². The molecule has 1 aromatic heterocycles. The average Bonchev–Trinajstić information content (AvgIpc) is 3.27. The Hall–Kier alpha value is -3.24. The first kappa shape index (κ1) is 22.9. The molecule has 9 nitrogen and oxygen atoms in total. The molecule has 10 heteroatoms. The number of rotatable bonds is 5. The lowest BCUT2D eigenvalue weighted by molar-refractivity contribution is 0.0272. The van der Waals surface area contributed by atoms with Crippen molar-refractivity contribution in [1.82, 2.24) is 15.0 Å². The zero-order chi connectivity index (χ0) is 23.8. The highest BCUT2D eigenvalue weighted by Gasteiger charge is 2.25. The number of sulfonamides is 1. The molecule has 2 aromatic carbocycles. The maximum Gasteiger partial charge on any atom is 0.316 e. The molecule has 0 aliphatic carbocycles. The SMILES string of the molecule is Cc1cc(C)c(NS(=O)(=O)c2cc(-c3noc(C(=O)N4CCOCC4)n3)ccc2C)c(C)c1. The van der Waals surface area contributed by atoms with Gasteiger partial charge in [-0.2, -0.15) is 4.98 Å². The van der Waals surface area contributed by atoms with E-state index in [0.29, 0.717) is 43.1 Å². The molecule has 0 spiro atoms. The number of anilines is 1. The van der Waals surface area contributed by atoms with Crippen molar-refractivity contribution in [2.45, 2.75) is 32.6 Å². The predicted octanol–water partition coefficient (Wildman–Crippen LogP) is 3.24. The Morgan fingerprint density at radius 1 is 1.00 bits per heavy atom. The summed E-state index contributed by atoms with van der Waals surface area (Å²) in [5.74, 6) is -0.365. The van der Waals surface area contributed by atoms with Crippen LogP contribution < -0.4 is 4.72 Å². The van der Waals surface area contributed by atoms with Crippen LogP contribution >= 0.6 is 0 Å². The molecule has 0 radical (unpaired) electrons. The zero-order valence-electron chi connectivity index (χ0n) is 19.0. The molecule has 1 amide bonds. The van der Waals surface area contributed by atoms with Gasteiger partial charge in [-0.15, -0.1) is 0 Å². The average molecular weight is 471 g/mol. The van der Waals surface area contributed by atoms with Gasteiger partial charge >= 0.3 is 11.8 Å². The first-order valence-electron chi connectivity index (χ1n) is 10.6. The van der Waals surface area contributed by atoms with Crippen LogP contribution in [0.2, 0.25) is 0 Å². The topological polar surface area (TPSA) is 115 Å². The number of hydrogen-bond acceptors (Lipinski definition) is 7. The molecule has 1 aliphatic heterocycles. The molecule has 1 aliphatic rings. The van der Waals surface area contributed by atoms with E-state index < -0.39 is 10.0 Å². The van der Waals surface area contributed by atoms with Crippen molar-refractivity contribution >= 4 is 21.6 Å². The number of aryl methyl sites for hydroxylation is 4. The molecule has 4 rings (SSSR count). The van der Waals surface area contributed by atoms with E-state index in [4.69, 9.17) is 9.26 Å². The number of morpholine rings is 1. The minimum Gasteiger partial charge on any atom is -0.378 e. The van der Waals surface area contributed by atoms with Crippen molar-refractivity contribution in [2.24, 2.45) is 0 Å². The zero-order valence-corrected chi connectivity index (χ0v) is 19.8. The summed E-state index contributed by atoms with van der Waals surface area (Å²) in [7, 11) is -3.88. The van der Waals surface area contributed by atoms with Gasteiger partial charge < -0.3 is 14.2 Å². The third-order valence-corrected chi connectivity index (χ3v) is 7.05. The highest BCUT2D eigenvalue weighted by atomic mass is 32.2. The second-order valence-electron chi connectivity index (χ2n) is 8.19. The lowest BCUT2D eigenvalue weighted by Gasteiger charge is -2.25. The number of nitrogens with zero attached hydrogens (tertiary/aromatic N) is 3. The summed E-state index contributed by atoms with van der Waals surface area (Å²) in [6.45, 7) is 9.24. The maximum absolute atomic E-state index is 13.3. The molecule has 1 saturated heterocycles. The molecule has 2 heterocycles. The van der Waals surface area contributed by atoms with Crippen LogP contribution in [-0.4, -0.2) is 55.7 Å². The molecule has 0 atom stereocenters. The Morgan fingerprint density at radius 2 is 1.67 bits per heavy atom. The van der Waals surface area contributed by atoms with Crippen LogP contribution in [0.5, 0.6) is 0 Å². The van der Waals surface area contributed by atoms with E-state index in [1.165, 1.54) is 6.07 Å². The van der Waals surface area contributed by atoms with Gasteiger partial charge in [-0.25, -0.2) is 8.42 Å². The van der Waals surface area contributed by atoms with E-state index in [0.717, 1.165) is 16.7 Å². The van der Waals surface area contributed by atoms with Crippen molar-refractivity contribution in [3.05, 3.63) is 58.5 Å². The fourth-order valence-corrected chi connectivity index (χ4v) is 5.36. The summed E-state index contributed by atoms with van der Waals surface area (Å²) >= 11 is 0. The fourth-order valence-electron chi connectivity index (χ4n) is 3.89. The number of carbonyl (C=O) groups is 1. The van der Waals surface area contributed by atoms with E-state index in [-0.39, 0.29) is 22.5 Å². The van der Waals surface area contributed by atoms with Crippen molar-refractivity contribution in [1.29, 1.82) is 0 Å². The molecule has 0 saturated carbocycles. The van der Waals surface area contributed by atoms with Crippen molar-refractivity contribution in [2.75, 3.05) is 31.0 Å². The molecular weight excluding hydrogens is 444 g/mol. The lowest BCUT2D eigenvalue weighted by Crippen LogP contribution is -2.40. The normalized spacial score (nSPS) is 14.4. The number of benzene rings is 2. The number of aromatic nitrogens is 2. The van der Waals surface area contributed by atoms with Crippen LogP contribution in [0.3, 0.4) is 0 Å². The Kier molecular flexibility index (Phi) is 6.22. The van der Waals surface area contributed by atoms with Crippen molar-refractivity contribution < 1.29 is 22.5 Å². The number of amides is 1. The Balaban J connectivity index is 1.63. The Bertz CT molecular complexity index is 1290. The van der Waals surface area contributed by atoms with Crippen LogP contribution in [0.4, 0.5) is 5.69 Å². The van der Waals surface area contributed by atoms with Crippen LogP contribution in [0.15, 0.2) is 39.8 Å². The first-order valence-corrected chi connectivity index (χ1v) is 12.1. The quantitative estimate of drug-likeness (QED) is 0.609.